The predicted octanol–water partition coefficient (Wildman–Crippen LogP) is 1.48. The first-order valence-electron chi connectivity index (χ1n) is 2.73. The van der Waals surface area contributed by atoms with Gasteiger partial charge in [-0.1, -0.05) is 0 Å². The molecule has 48 valence electrons. The van der Waals surface area contributed by atoms with Crippen LogP contribution in [0.1, 0.15) is 13.8 Å². The van der Waals surface area contributed by atoms with Crippen molar-refractivity contribution in [3.05, 3.63) is 12.3 Å². The summed E-state index contributed by atoms with van der Waals surface area (Å²) in [7, 11) is 0. The Morgan fingerprint density at radius 1 is 1.75 bits per heavy atom. The number of rotatable bonds is 3. The van der Waals surface area contributed by atoms with Gasteiger partial charge in [0.2, 0.25) is 0 Å². The second kappa shape index (κ2) is 4.65. The van der Waals surface area contributed by atoms with Crippen LogP contribution in [0.25, 0.3) is 0 Å². The van der Waals surface area contributed by atoms with Crippen molar-refractivity contribution in [1.82, 2.24) is 0 Å². The van der Waals surface area contributed by atoms with Gasteiger partial charge in [0.1, 0.15) is 0 Å². The molecule has 0 amide bonds. The number of hydrogen-bond acceptors (Lipinski definition) is 2. The summed E-state index contributed by atoms with van der Waals surface area (Å²) in [6.07, 6.45) is 2.62. The third-order valence-electron chi connectivity index (χ3n) is 0.787. The molecule has 0 aromatic rings. The molecule has 1 atom stereocenters. The zero-order chi connectivity index (χ0) is 6.41. The van der Waals surface area contributed by atoms with E-state index in [0.29, 0.717) is 6.61 Å². The zero-order valence-corrected chi connectivity index (χ0v) is 5.29. The molecule has 2 nitrogen and oxygen atoms in total. The van der Waals surface area contributed by atoms with Crippen LogP contribution in [0, 0.1) is 0 Å². The third-order valence-corrected chi connectivity index (χ3v) is 0.787. The van der Waals surface area contributed by atoms with Crippen LogP contribution in [0.3, 0.4) is 0 Å². The van der Waals surface area contributed by atoms with Crippen molar-refractivity contribution in [2.75, 3.05) is 6.61 Å². The van der Waals surface area contributed by atoms with Gasteiger partial charge >= 0.3 is 0 Å². The van der Waals surface area contributed by atoms with Gasteiger partial charge in [0.25, 0.3) is 0 Å². The monoisotopic (exact) mass is 116 g/mol. The molecule has 0 aromatic heterocycles. The minimum atomic E-state index is 0.0324. The molecule has 0 fully saturated rings. The number of hydrogen-bond donors (Lipinski definition) is 1. The highest BCUT2D eigenvalue weighted by atomic mass is 16.5. The fraction of sp³-hybridized carbons (Fsp3) is 0.667. The van der Waals surface area contributed by atoms with Gasteiger partial charge in [-0.05, 0) is 19.9 Å². The Bertz CT molecular complexity index is 68.9. The number of ether oxygens (including phenoxy) is 1. The van der Waals surface area contributed by atoms with Crippen LogP contribution in [0.15, 0.2) is 12.3 Å². The Kier molecular flexibility index (Phi) is 4.36. The average Bonchev–Trinajstić information content (AvgIpc) is 1.68. The quantitative estimate of drug-likeness (QED) is 0.566. The minimum absolute atomic E-state index is 0.0324. The summed E-state index contributed by atoms with van der Waals surface area (Å²) in [5.41, 5.74) is 0. The van der Waals surface area contributed by atoms with E-state index in [4.69, 9.17) is 9.84 Å². The van der Waals surface area contributed by atoms with Gasteiger partial charge in [0.15, 0.2) is 0 Å². The number of aliphatic hydroxyl groups is 1. The maximum absolute atomic E-state index is 8.20. The zero-order valence-electron chi connectivity index (χ0n) is 5.29. The highest BCUT2D eigenvalue weighted by Crippen LogP contribution is 1.89. The molecule has 0 aliphatic heterocycles. The molecule has 2 heteroatoms. The first kappa shape index (κ1) is 7.50. The Morgan fingerprint density at radius 2 is 2.38 bits per heavy atom. The van der Waals surface area contributed by atoms with Crippen molar-refractivity contribution in [1.29, 1.82) is 0 Å². The molecule has 0 saturated carbocycles. The Labute approximate surface area is 49.8 Å². The minimum Gasteiger partial charge on any atom is -0.516 e. The van der Waals surface area contributed by atoms with Gasteiger partial charge in [-0.15, -0.1) is 0 Å². The molecule has 0 aliphatic rings. The Morgan fingerprint density at radius 3 is 2.75 bits per heavy atom. The van der Waals surface area contributed by atoms with Crippen molar-refractivity contribution in [2.24, 2.45) is 0 Å². The molecule has 0 heterocycles. The van der Waals surface area contributed by atoms with Crippen LogP contribution >= 0.6 is 0 Å². The normalized spacial score (nSPS) is 14.8. The number of aliphatic hydroxyl groups excluding tert-OH is 1. The third kappa shape index (κ3) is 3.68. The smallest absolute Gasteiger partial charge is 0.0777 e. The summed E-state index contributed by atoms with van der Waals surface area (Å²) in [5.74, 6) is 0. The van der Waals surface area contributed by atoms with Crippen molar-refractivity contribution in [3.8, 4) is 0 Å². The van der Waals surface area contributed by atoms with E-state index in [2.05, 4.69) is 0 Å². The highest BCUT2D eigenvalue weighted by molar-refractivity contribution is 4.78. The Hall–Kier alpha value is -0.500. The fourth-order valence-corrected chi connectivity index (χ4v) is 0.440. The second-order valence-corrected chi connectivity index (χ2v) is 1.50. The van der Waals surface area contributed by atoms with Crippen LogP contribution in [0.4, 0.5) is 0 Å². The van der Waals surface area contributed by atoms with Gasteiger partial charge in [-0.2, -0.15) is 0 Å². The van der Waals surface area contributed by atoms with E-state index in [1.54, 1.807) is 6.08 Å². The van der Waals surface area contributed by atoms with Crippen LogP contribution < -0.4 is 0 Å². The van der Waals surface area contributed by atoms with E-state index < -0.39 is 0 Å². The van der Waals surface area contributed by atoms with Gasteiger partial charge in [0.05, 0.1) is 12.4 Å². The molecule has 0 aliphatic carbocycles. The van der Waals surface area contributed by atoms with E-state index in [-0.39, 0.29) is 6.10 Å². The van der Waals surface area contributed by atoms with Crippen molar-refractivity contribution < 1.29 is 9.84 Å². The largest absolute Gasteiger partial charge is 0.516 e. The molecular weight excluding hydrogens is 104 g/mol. The van der Waals surface area contributed by atoms with Crippen molar-refractivity contribution in [2.45, 2.75) is 20.0 Å². The molecular formula is C6H12O2. The first-order valence-corrected chi connectivity index (χ1v) is 2.73. The van der Waals surface area contributed by atoms with Gasteiger partial charge < -0.3 is 9.84 Å². The second-order valence-electron chi connectivity index (χ2n) is 1.50. The molecule has 0 spiro atoms. The summed E-state index contributed by atoms with van der Waals surface area (Å²) in [6, 6.07) is 0. The summed E-state index contributed by atoms with van der Waals surface area (Å²) >= 11 is 0. The van der Waals surface area contributed by atoms with Crippen LogP contribution in [0.5, 0.6) is 0 Å². The average molecular weight is 116 g/mol. The van der Waals surface area contributed by atoms with Crippen molar-refractivity contribution in [3.63, 3.8) is 0 Å². The topological polar surface area (TPSA) is 29.5 Å². The van der Waals surface area contributed by atoms with Crippen LogP contribution in [0.2, 0.25) is 0 Å². The maximum atomic E-state index is 8.20. The summed E-state index contributed by atoms with van der Waals surface area (Å²) in [5, 5.41) is 8.20. The Balaban J connectivity index is 3.17. The molecule has 1 N–H and O–H groups in total. The van der Waals surface area contributed by atoms with E-state index in [1.165, 1.54) is 0 Å². The summed E-state index contributed by atoms with van der Waals surface area (Å²) in [6.45, 7) is 4.48. The molecule has 0 radical (unpaired) electrons. The molecule has 0 bridgehead atoms. The van der Waals surface area contributed by atoms with Crippen LogP contribution in [-0.2, 0) is 4.74 Å². The molecule has 0 saturated heterocycles. The van der Waals surface area contributed by atoms with E-state index in [1.807, 2.05) is 13.8 Å². The summed E-state index contributed by atoms with van der Waals surface area (Å²) in [4.78, 5) is 0. The fourth-order valence-electron chi connectivity index (χ4n) is 0.440. The van der Waals surface area contributed by atoms with Crippen molar-refractivity contribution >= 4 is 0 Å². The highest BCUT2D eigenvalue weighted by Gasteiger charge is 1.90. The molecule has 0 aromatic carbocycles. The van der Waals surface area contributed by atoms with E-state index in [0.717, 1.165) is 6.26 Å². The summed E-state index contributed by atoms with van der Waals surface area (Å²) < 4.78 is 5.04. The maximum Gasteiger partial charge on any atom is 0.0777 e. The predicted molar refractivity (Wildman–Crippen MR) is 32.9 cm³/mol. The van der Waals surface area contributed by atoms with E-state index in [9.17, 15) is 0 Å². The molecule has 1 unspecified atom stereocenters. The lowest BCUT2D eigenvalue weighted by molar-refractivity contribution is 0.108. The van der Waals surface area contributed by atoms with Gasteiger partial charge in [-0.25, -0.2) is 0 Å². The van der Waals surface area contributed by atoms with E-state index >= 15 is 0 Å². The standard InChI is InChI=1S/C6H12O2/c1-3-8-6(2)4-5-7/h4-7H,3H2,1-2H3/b5-4+. The molecule has 8 heavy (non-hydrogen) atoms. The first-order chi connectivity index (χ1) is 3.81. The van der Waals surface area contributed by atoms with Gasteiger partial charge in [0, 0.05) is 6.61 Å². The lowest BCUT2D eigenvalue weighted by Gasteiger charge is -2.02. The lowest BCUT2D eigenvalue weighted by Crippen LogP contribution is -2.02. The molecule has 0 rings (SSSR count). The van der Waals surface area contributed by atoms with Crippen LogP contribution in [-0.4, -0.2) is 17.8 Å². The van der Waals surface area contributed by atoms with Gasteiger partial charge in [-0.3, -0.25) is 0 Å². The SMILES string of the molecule is CCOC(C)/C=C/O. The lowest BCUT2D eigenvalue weighted by atomic mass is 10.4.